The Labute approximate surface area is 158 Å². The van der Waals surface area contributed by atoms with Crippen molar-refractivity contribution in [1.82, 2.24) is 29.6 Å². The van der Waals surface area contributed by atoms with Crippen LogP contribution in [-0.2, 0) is 26.6 Å². The molecule has 1 N–H and O–H groups in total. The molecular weight excluding hydrogens is 338 g/mol. The highest BCUT2D eigenvalue weighted by molar-refractivity contribution is 5.59. The molecule has 2 aliphatic rings. The lowest BCUT2D eigenvalue weighted by atomic mass is 10.0. The fourth-order valence-corrected chi connectivity index (χ4v) is 3.56. The second kappa shape index (κ2) is 6.74. The maximum absolute atomic E-state index is 4.89. The van der Waals surface area contributed by atoms with Crippen molar-refractivity contribution in [1.29, 1.82) is 0 Å². The van der Waals surface area contributed by atoms with Crippen LogP contribution in [0.3, 0.4) is 0 Å². The zero-order valence-corrected chi connectivity index (χ0v) is 15.5. The van der Waals surface area contributed by atoms with Crippen LogP contribution >= 0.6 is 0 Å². The molecule has 27 heavy (non-hydrogen) atoms. The molecule has 4 heterocycles. The maximum atomic E-state index is 4.89. The largest absolute Gasteiger partial charge is 0.367 e. The third kappa shape index (κ3) is 3.55. The van der Waals surface area contributed by atoms with E-state index in [0.717, 1.165) is 49.0 Å². The zero-order valence-electron chi connectivity index (χ0n) is 15.5. The number of fused-ring (bicyclic) bond motifs is 1. The minimum absolute atomic E-state index is 0.557. The minimum Gasteiger partial charge on any atom is -0.367 e. The van der Waals surface area contributed by atoms with E-state index in [-0.39, 0.29) is 0 Å². The van der Waals surface area contributed by atoms with Crippen LogP contribution < -0.4 is 5.32 Å². The van der Waals surface area contributed by atoms with E-state index in [1.54, 1.807) is 4.68 Å². The molecular formula is C20H23N7. The Morgan fingerprint density at radius 1 is 1.19 bits per heavy atom. The van der Waals surface area contributed by atoms with Gasteiger partial charge in [-0.3, -0.25) is 14.6 Å². The predicted molar refractivity (Wildman–Crippen MR) is 103 cm³/mol. The summed E-state index contributed by atoms with van der Waals surface area (Å²) in [6.45, 7) is 2.80. The Hall–Kier alpha value is -2.80. The Morgan fingerprint density at radius 3 is 2.78 bits per heavy atom. The fourth-order valence-electron chi connectivity index (χ4n) is 3.56. The number of anilines is 1. The average molecular weight is 361 g/mol. The molecule has 0 spiro atoms. The van der Waals surface area contributed by atoms with Crippen LogP contribution in [0.4, 0.5) is 5.82 Å². The first-order valence-electron chi connectivity index (χ1n) is 9.51. The Kier molecular flexibility index (Phi) is 4.09. The molecule has 5 rings (SSSR count). The lowest BCUT2D eigenvalue weighted by Crippen LogP contribution is -2.32. The third-order valence-electron chi connectivity index (χ3n) is 5.18. The number of pyridine rings is 1. The van der Waals surface area contributed by atoms with E-state index in [0.29, 0.717) is 6.04 Å². The second-order valence-electron chi connectivity index (χ2n) is 7.46. The van der Waals surface area contributed by atoms with Crippen molar-refractivity contribution in [2.24, 2.45) is 7.05 Å². The summed E-state index contributed by atoms with van der Waals surface area (Å²) < 4.78 is 1.79. The van der Waals surface area contributed by atoms with Gasteiger partial charge in [0.1, 0.15) is 5.82 Å². The molecule has 1 aliphatic carbocycles. The van der Waals surface area contributed by atoms with Gasteiger partial charge in [0.2, 0.25) is 0 Å². The minimum atomic E-state index is 0.557. The normalized spacial score (nSPS) is 16.9. The summed E-state index contributed by atoms with van der Waals surface area (Å²) in [6.07, 6.45) is 10.9. The average Bonchev–Trinajstić information content (AvgIpc) is 3.40. The van der Waals surface area contributed by atoms with Crippen molar-refractivity contribution >= 4 is 5.82 Å². The number of hydrogen-bond donors (Lipinski definition) is 1. The van der Waals surface area contributed by atoms with Gasteiger partial charge >= 0.3 is 0 Å². The van der Waals surface area contributed by atoms with Crippen LogP contribution in [0.1, 0.15) is 29.7 Å². The van der Waals surface area contributed by atoms with Crippen molar-refractivity contribution < 1.29 is 0 Å². The van der Waals surface area contributed by atoms with E-state index in [4.69, 9.17) is 9.97 Å². The molecule has 1 saturated carbocycles. The second-order valence-corrected chi connectivity index (χ2v) is 7.46. The summed E-state index contributed by atoms with van der Waals surface area (Å²) in [5.41, 5.74) is 4.67. The molecule has 0 amide bonds. The Balaban J connectivity index is 1.45. The smallest absolute Gasteiger partial charge is 0.164 e. The lowest BCUT2D eigenvalue weighted by Gasteiger charge is -2.29. The van der Waals surface area contributed by atoms with Crippen LogP contribution in [-0.4, -0.2) is 42.2 Å². The summed E-state index contributed by atoms with van der Waals surface area (Å²) in [7, 11) is 1.92. The molecule has 0 bridgehead atoms. The van der Waals surface area contributed by atoms with Gasteiger partial charge in [0.15, 0.2) is 5.82 Å². The molecule has 7 nitrogen and oxygen atoms in total. The molecule has 0 unspecified atom stereocenters. The van der Waals surface area contributed by atoms with Crippen molar-refractivity contribution in [2.45, 2.75) is 38.4 Å². The maximum Gasteiger partial charge on any atom is 0.164 e. The number of rotatable bonds is 5. The number of nitrogens with one attached hydrogen (secondary N) is 1. The SMILES string of the molecule is Cn1cc(-c2nc3c(c(NC4CC4)n2)CN(Cc2ccncc2)CC3)cn1. The van der Waals surface area contributed by atoms with Crippen LogP contribution in [0.2, 0.25) is 0 Å². The molecule has 1 aliphatic heterocycles. The molecule has 138 valence electrons. The van der Waals surface area contributed by atoms with Crippen LogP contribution in [0, 0.1) is 0 Å². The third-order valence-corrected chi connectivity index (χ3v) is 5.18. The summed E-state index contributed by atoms with van der Waals surface area (Å²) in [5.74, 6) is 1.77. The molecule has 7 heteroatoms. The fraction of sp³-hybridized carbons (Fsp3) is 0.400. The van der Waals surface area contributed by atoms with Crippen LogP contribution in [0.5, 0.6) is 0 Å². The highest BCUT2D eigenvalue weighted by atomic mass is 15.2. The van der Waals surface area contributed by atoms with Gasteiger partial charge in [-0.2, -0.15) is 5.10 Å². The van der Waals surface area contributed by atoms with Gasteiger partial charge in [0, 0.05) is 63.3 Å². The molecule has 0 atom stereocenters. The van der Waals surface area contributed by atoms with Gasteiger partial charge in [-0.25, -0.2) is 9.97 Å². The summed E-state index contributed by atoms with van der Waals surface area (Å²) >= 11 is 0. The first-order chi connectivity index (χ1) is 13.2. The van der Waals surface area contributed by atoms with Crippen molar-refractivity contribution in [2.75, 3.05) is 11.9 Å². The lowest BCUT2D eigenvalue weighted by molar-refractivity contribution is 0.243. The molecule has 3 aromatic rings. The van der Waals surface area contributed by atoms with Gasteiger partial charge in [0.05, 0.1) is 17.5 Å². The number of aromatic nitrogens is 5. The number of hydrogen-bond acceptors (Lipinski definition) is 6. The quantitative estimate of drug-likeness (QED) is 0.752. The van der Waals surface area contributed by atoms with E-state index < -0.39 is 0 Å². The number of nitrogens with zero attached hydrogens (tertiary/aromatic N) is 6. The molecule has 1 fully saturated rings. The van der Waals surface area contributed by atoms with Gasteiger partial charge in [-0.15, -0.1) is 0 Å². The molecule has 0 radical (unpaired) electrons. The van der Waals surface area contributed by atoms with E-state index >= 15 is 0 Å². The highest BCUT2D eigenvalue weighted by Crippen LogP contribution is 2.31. The first-order valence-corrected chi connectivity index (χ1v) is 9.51. The highest BCUT2D eigenvalue weighted by Gasteiger charge is 2.27. The predicted octanol–water partition coefficient (Wildman–Crippen LogP) is 2.40. The molecule has 0 saturated heterocycles. The van der Waals surface area contributed by atoms with E-state index in [1.807, 2.05) is 31.8 Å². The van der Waals surface area contributed by atoms with Crippen LogP contribution in [0.15, 0.2) is 36.9 Å². The van der Waals surface area contributed by atoms with Crippen molar-refractivity contribution in [3.8, 4) is 11.4 Å². The summed E-state index contributed by atoms with van der Waals surface area (Å²) in [6, 6.07) is 4.73. The van der Waals surface area contributed by atoms with Gasteiger partial charge in [0.25, 0.3) is 0 Å². The standard InChI is InChI=1S/C20H23N7/c1-26-12-15(10-22-26)19-24-18-6-9-27(11-14-4-7-21-8-5-14)13-17(18)20(25-19)23-16-2-3-16/h4-5,7-8,10,12,16H,2-3,6,9,11,13H2,1H3,(H,23,24,25). The summed E-state index contributed by atoms with van der Waals surface area (Å²) in [4.78, 5) is 16.3. The van der Waals surface area contributed by atoms with Gasteiger partial charge < -0.3 is 5.32 Å². The Morgan fingerprint density at radius 2 is 2.04 bits per heavy atom. The number of aryl methyl sites for hydroxylation is 1. The zero-order chi connectivity index (χ0) is 18.2. The Bertz CT molecular complexity index is 946. The first kappa shape index (κ1) is 16.4. The molecule has 0 aromatic carbocycles. The topological polar surface area (TPSA) is 71.8 Å². The van der Waals surface area contributed by atoms with E-state index in [2.05, 4.69) is 32.4 Å². The van der Waals surface area contributed by atoms with Gasteiger partial charge in [-0.05, 0) is 30.5 Å². The van der Waals surface area contributed by atoms with Gasteiger partial charge in [-0.1, -0.05) is 0 Å². The van der Waals surface area contributed by atoms with E-state index in [9.17, 15) is 0 Å². The van der Waals surface area contributed by atoms with E-state index in [1.165, 1.54) is 24.0 Å². The van der Waals surface area contributed by atoms with Crippen molar-refractivity contribution in [3.63, 3.8) is 0 Å². The van der Waals surface area contributed by atoms with Crippen molar-refractivity contribution in [3.05, 3.63) is 53.7 Å². The molecule has 3 aromatic heterocycles. The van der Waals surface area contributed by atoms with Crippen LogP contribution in [0.25, 0.3) is 11.4 Å². The monoisotopic (exact) mass is 361 g/mol. The summed E-state index contributed by atoms with van der Waals surface area (Å²) in [5, 5.41) is 7.90.